The third kappa shape index (κ3) is 7.48. The van der Waals surface area contributed by atoms with E-state index in [1.165, 1.54) is 18.8 Å². The number of nitrogens with zero attached hydrogens (tertiary/aromatic N) is 1. The second-order valence-electron chi connectivity index (χ2n) is 6.29. The lowest BCUT2D eigenvalue weighted by molar-refractivity contribution is -0.147. The Morgan fingerprint density at radius 1 is 1.17 bits per heavy atom. The van der Waals surface area contributed by atoms with Crippen LogP contribution < -0.4 is 10.0 Å². The smallest absolute Gasteiger partial charge is 0.373 e. The Hall–Kier alpha value is -2.35. The summed E-state index contributed by atoms with van der Waals surface area (Å²) in [5, 5.41) is 2.05. The zero-order valence-electron chi connectivity index (χ0n) is 15.8. The van der Waals surface area contributed by atoms with Gasteiger partial charge < -0.3 is 10.2 Å². The third-order valence-electron chi connectivity index (χ3n) is 3.59. The molecule has 1 aromatic rings. The van der Waals surface area contributed by atoms with E-state index >= 15 is 0 Å². The van der Waals surface area contributed by atoms with Crippen molar-refractivity contribution in [3.63, 3.8) is 0 Å². The normalized spacial score (nSPS) is 14.4. The fourth-order valence-electron chi connectivity index (χ4n) is 2.07. The van der Waals surface area contributed by atoms with Gasteiger partial charge in [0.05, 0.1) is 17.0 Å². The maximum absolute atomic E-state index is 13.3. The summed E-state index contributed by atoms with van der Waals surface area (Å²) in [5.41, 5.74) is -2.41. The molecule has 0 heterocycles. The Kier molecular flexibility index (Phi) is 7.88. The molecule has 30 heavy (non-hydrogen) atoms. The van der Waals surface area contributed by atoms with Gasteiger partial charge >= 0.3 is 12.4 Å². The number of anilines is 1. The molecule has 1 aromatic carbocycles. The van der Waals surface area contributed by atoms with E-state index in [4.69, 9.17) is 0 Å². The van der Waals surface area contributed by atoms with Crippen molar-refractivity contribution >= 4 is 21.6 Å². The maximum atomic E-state index is 13.3. The first kappa shape index (κ1) is 25.7. The van der Waals surface area contributed by atoms with Crippen LogP contribution >= 0.6 is 0 Å². The highest BCUT2D eigenvalue weighted by Gasteiger charge is 2.38. The van der Waals surface area contributed by atoms with Crippen LogP contribution in [0, 0.1) is 5.82 Å². The molecular formula is C16H18F7N3O3S. The van der Waals surface area contributed by atoms with Crippen molar-refractivity contribution < 1.29 is 43.9 Å². The molecule has 170 valence electrons. The van der Waals surface area contributed by atoms with Crippen molar-refractivity contribution in [1.29, 1.82) is 0 Å². The molecular weight excluding hydrogens is 447 g/mol. The number of rotatable bonds is 7. The second-order valence-corrected chi connectivity index (χ2v) is 8.09. The molecule has 0 aliphatic heterocycles. The molecule has 0 saturated heterocycles. The molecule has 0 bridgehead atoms. The van der Waals surface area contributed by atoms with Crippen LogP contribution in [0.2, 0.25) is 0 Å². The number of benzene rings is 1. The fourth-order valence-corrected chi connectivity index (χ4v) is 3.21. The highest BCUT2D eigenvalue weighted by molar-refractivity contribution is 7.89. The van der Waals surface area contributed by atoms with Crippen LogP contribution in [-0.4, -0.2) is 51.3 Å². The Labute approximate surface area is 167 Å². The summed E-state index contributed by atoms with van der Waals surface area (Å²) < 4.78 is 114. The summed E-state index contributed by atoms with van der Waals surface area (Å²) in [6.45, 7) is 0.591. The first-order valence-electron chi connectivity index (χ1n) is 8.06. The van der Waals surface area contributed by atoms with E-state index in [0.29, 0.717) is 19.1 Å². The average molecular weight is 465 g/mol. The molecule has 0 aliphatic carbocycles. The standard InChI is InChI=1S/C16H18F7N3O3S/c1-9(15(18,19)20)25-30(28,29)7-6-13(26(2)3)14(27)24-10-4-5-12(17)11(8-10)16(21,22)23/h4-6,8-9,25H,7H2,1-3H3,(H,24,27)/b13-6-/t9-/m1/s1. The van der Waals surface area contributed by atoms with Gasteiger partial charge in [-0.15, -0.1) is 0 Å². The minimum absolute atomic E-state index is 0.351. The van der Waals surface area contributed by atoms with E-state index in [0.717, 1.165) is 17.0 Å². The number of carbonyl (C=O) groups excluding carboxylic acids is 1. The van der Waals surface area contributed by atoms with Crippen molar-refractivity contribution in [3.05, 3.63) is 41.4 Å². The maximum Gasteiger partial charge on any atom is 0.419 e. The van der Waals surface area contributed by atoms with Crippen LogP contribution in [0.15, 0.2) is 30.0 Å². The van der Waals surface area contributed by atoms with E-state index in [1.54, 1.807) is 0 Å². The molecule has 0 spiro atoms. The highest BCUT2D eigenvalue weighted by atomic mass is 32.2. The Balaban J connectivity index is 3.05. The molecule has 1 rings (SSSR count). The van der Waals surface area contributed by atoms with Crippen molar-refractivity contribution in [2.45, 2.75) is 25.3 Å². The molecule has 2 N–H and O–H groups in total. The largest absolute Gasteiger partial charge is 0.419 e. The minimum Gasteiger partial charge on any atom is -0.373 e. The van der Waals surface area contributed by atoms with Crippen molar-refractivity contribution in [2.24, 2.45) is 0 Å². The summed E-state index contributed by atoms with van der Waals surface area (Å²) in [7, 11) is -1.88. The number of amides is 1. The summed E-state index contributed by atoms with van der Waals surface area (Å²) >= 11 is 0. The van der Waals surface area contributed by atoms with Crippen LogP contribution in [0.1, 0.15) is 12.5 Å². The molecule has 0 fully saturated rings. The predicted molar refractivity (Wildman–Crippen MR) is 94.2 cm³/mol. The van der Waals surface area contributed by atoms with Gasteiger partial charge in [-0.05, 0) is 31.2 Å². The average Bonchev–Trinajstić information content (AvgIpc) is 2.53. The van der Waals surface area contributed by atoms with Gasteiger partial charge in [0.1, 0.15) is 11.9 Å². The first-order chi connectivity index (χ1) is 13.4. The molecule has 0 aliphatic rings. The summed E-state index contributed by atoms with van der Waals surface area (Å²) in [6, 6.07) is -0.666. The second kappa shape index (κ2) is 9.20. The van der Waals surface area contributed by atoms with E-state index in [9.17, 15) is 43.9 Å². The van der Waals surface area contributed by atoms with Crippen LogP contribution in [-0.2, 0) is 21.0 Å². The van der Waals surface area contributed by atoms with Crippen LogP contribution in [0.5, 0.6) is 0 Å². The zero-order chi connectivity index (χ0) is 23.5. The van der Waals surface area contributed by atoms with Gasteiger partial charge in [-0.25, -0.2) is 17.5 Å². The lowest BCUT2D eigenvalue weighted by Gasteiger charge is -2.19. The number of hydrogen-bond acceptors (Lipinski definition) is 4. The fraction of sp³-hybridized carbons (Fsp3) is 0.438. The van der Waals surface area contributed by atoms with Crippen LogP contribution in [0.4, 0.5) is 36.4 Å². The van der Waals surface area contributed by atoms with Gasteiger partial charge in [0.2, 0.25) is 10.0 Å². The van der Waals surface area contributed by atoms with E-state index in [-0.39, 0.29) is 5.70 Å². The number of alkyl halides is 6. The monoisotopic (exact) mass is 465 g/mol. The summed E-state index contributed by atoms with van der Waals surface area (Å²) in [5.74, 6) is -3.62. The number of nitrogens with one attached hydrogen (secondary N) is 2. The van der Waals surface area contributed by atoms with Gasteiger partial charge in [-0.2, -0.15) is 26.3 Å². The molecule has 6 nitrogen and oxygen atoms in total. The number of hydrogen-bond donors (Lipinski definition) is 2. The Morgan fingerprint density at radius 3 is 2.20 bits per heavy atom. The number of carbonyl (C=O) groups is 1. The van der Waals surface area contributed by atoms with Gasteiger partial charge in [0.15, 0.2) is 0 Å². The lowest BCUT2D eigenvalue weighted by Crippen LogP contribution is -2.43. The van der Waals surface area contributed by atoms with Gasteiger partial charge in [0.25, 0.3) is 5.91 Å². The van der Waals surface area contributed by atoms with E-state index in [2.05, 4.69) is 5.32 Å². The van der Waals surface area contributed by atoms with Gasteiger partial charge in [-0.1, -0.05) is 0 Å². The van der Waals surface area contributed by atoms with Crippen molar-refractivity contribution in [1.82, 2.24) is 9.62 Å². The Morgan fingerprint density at radius 2 is 1.73 bits per heavy atom. The molecule has 14 heteroatoms. The number of sulfonamides is 1. The topological polar surface area (TPSA) is 78.5 Å². The molecule has 1 atom stereocenters. The molecule has 0 saturated carbocycles. The van der Waals surface area contributed by atoms with Crippen LogP contribution in [0.25, 0.3) is 0 Å². The van der Waals surface area contributed by atoms with Gasteiger partial charge in [0, 0.05) is 19.8 Å². The van der Waals surface area contributed by atoms with Gasteiger partial charge in [-0.3, -0.25) is 4.79 Å². The van der Waals surface area contributed by atoms with E-state index in [1.807, 2.05) is 0 Å². The molecule has 1 amide bonds. The number of halogens is 7. The molecule has 0 unspecified atom stereocenters. The Bertz CT molecular complexity index is 910. The van der Waals surface area contributed by atoms with Crippen molar-refractivity contribution in [3.8, 4) is 0 Å². The molecule has 0 radical (unpaired) electrons. The minimum atomic E-state index is -5.01. The lowest BCUT2D eigenvalue weighted by atomic mass is 10.1. The van der Waals surface area contributed by atoms with Crippen LogP contribution in [0.3, 0.4) is 0 Å². The summed E-state index contributed by atoms with van der Waals surface area (Å²) in [6.07, 6.45) is -9.05. The zero-order valence-corrected chi connectivity index (χ0v) is 16.6. The first-order valence-corrected chi connectivity index (χ1v) is 9.71. The van der Waals surface area contributed by atoms with E-state index < -0.39 is 57.1 Å². The quantitative estimate of drug-likeness (QED) is 0.479. The third-order valence-corrected chi connectivity index (χ3v) is 4.91. The molecule has 0 aromatic heterocycles. The number of likely N-dealkylation sites (N-methyl/N-ethyl adjacent to an activating group) is 1. The summed E-state index contributed by atoms with van der Waals surface area (Å²) in [4.78, 5) is 13.4. The SMILES string of the molecule is C[C@@H](NS(=O)(=O)C/C=C(/C(=O)Nc1ccc(F)c(C(F)(F)F)c1)N(C)C)C(F)(F)F. The predicted octanol–water partition coefficient (Wildman–Crippen LogP) is 3.10. The highest BCUT2D eigenvalue weighted by Crippen LogP contribution is 2.33. The van der Waals surface area contributed by atoms with Crippen molar-refractivity contribution in [2.75, 3.05) is 25.2 Å².